The third-order valence-electron chi connectivity index (χ3n) is 3.54. The zero-order chi connectivity index (χ0) is 13.2. The van der Waals surface area contributed by atoms with E-state index in [2.05, 4.69) is 22.4 Å². The van der Waals surface area contributed by atoms with Crippen molar-refractivity contribution in [3.05, 3.63) is 30.2 Å². The summed E-state index contributed by atoms with van der Waals surface area (Å²) in [6, 6.07) is 7.31. The molecular formula is C14H17N3O2. The second kappa shape index (κ2) is 5.01. The molecule has 100 valence electrons. The number of nitrogens with one attached hydrogen (secondary N) is 1. The molecule has 2 unspecified atom stereocenters. The number of piperidine rings is 1. The quantitative estimate of drug-likeness (QED) is 0.866. The first kappa shape index (κ1) is 12.2. The van der Waals surface area contributed by atoms with Crippen LogP contribution in [0.3, 0.4) is 0 Å². The summed E-state index contributed by atoms with van der Waals surface area (Å²) in [4.78, 5) is 4.48. The summed E-state index contributed by atoms with van der Waals surface area (Å²) in [7, 11) is 0. The van der Waals surface area contributed by atoms with E-state index in [1.165, 1.54) is 0 Å². The van der Waals surface area contributed by atoms with Crippen molar-refractivity contribution in [1.82, 2.24) is 15.5 Å². The molecule has 0 saturated carbocycles. The lowest BCUT2D eigenvalue weighted by molar-refractivity contribution is 0.295. The highest BCUT2D eigenvalue weighted by molar-refractivity contribution is 5.55. The predicted molar refractivity (Wildman–Crippen MR) is 70.8 cm³/mol. The van der Waals surface area contributed by atoms with Gasteiger partial charge >= 0.3 is 0 Å². The van der Waals surface area contributed by atoms with Gasteiger partial charge < -0.3 is 14.9 Å². The minimum absolute atomic E-state index is 0.236. The van der Waals surface area contributed by atoms with Crippen molar-refractivity contribution in [1.29, 1.82) is 0 Å². The Balaban J connectivity index is 1.81. The van der Waals surface area contributed by atoms with E-state index < -0.39 is 0 Å². The van der Waals surface area contributed by atoms with Crippen LogP contribution < -0.4 is 5.32 Å². The van der Waals surface area contributed by atoms with Crippen LogP contribution in [0.15, 0.2) is 28.8 Å². The van der Waals surface area contributed by atoms with Gasteiger partial charge in [-0.05, 0) is 50.6 Å². The Hall–Kier alpha value is -1.88. The van der Waals surface area contributed by atoms with Crippen LogP contribution in [0.25, 0.3) is 11.4 Å². The standard InChI is InChI=1S/C14H17N3O2/c1-9-8-11(6-7-15-9)14-16-13(17-19-14)10-2-4-12(18)5-3-10/h2-5,9,11,15,18H,6-8H2,1H3. The minimum Gasteiger partial charge on any atom is -0.508 e. The van der Waals surface area contributed by atoms with Crippen molar-refractivity contribution in [2.45, 2.75) is 31.7 Å². The fourth-order valence-corrected chi connectivity index (χ4v) is 2.48. The smallest absolute Gasteiger partial charge is 0.230 e. The molecule has 1 aliphatic heterocycles. The van der Waals surface area contributed by atoms with Crippen molar-refractivity contribution in [3.8, 4) is 17.1 Å². The number of hydrogen-bond acceptors (Lipinski definition) is 5. The first-order valence-electron chi connectivity index (χ1n) is 6.59. The van der Waals surface area contributed by atoms with Crippen LogP contribution in [0.2, 0.25) is 0 Å². The van der Waals surface area contributed by atoms with Crippen molar-refractivity contribution >= 4 is 0 Å². The summed E-state index contributed by atoms with van der Waals surface area (Å²) in [6.45, 7) is 3.16. The molecule has 2 atom stereocenters. The van der Waals surface area contributed by atoms with E-state index in [-0.39, 0.29) is 5.75 Å². The molecule has 2 aromatic rings. The molecule has 0 amide bonds. The number of phenolic OH excluding ortho intramolecular Hbond substituents is 1. The Bertz CT molecular complexity index is 550. The molecule has 2 heterocycles. The van der Waals surface area contributed by atoms with Gasteiger partial charge in [0.1, 0.15) is 5.75 Å². The summed E-state index contributed by atoms with van der Waals surface area (Å²) < 4.78 is 5.39. The van der Waals surface area contributed by atoms with E-state index in [1.807, 2.05) is 0 Å². The maximum Gasteiger partial charge on any atom is 0.230 e. The Labute approximate surface area is 111 Å². The summed E-state index contributed by atoms with van der Waals surface area (Å²) in [5.74, 6) is 1.88. The molecular weight excluding hydrogens is 242 g/mol. The first-order chi connectivity index (χ1) is 9.22. The Kier molecular flexibility index (Phi) is 3.21. The van der Waals surface area contributed by atoms with Gasteiger partial charge in [0.25, 0.3) is 0 Å². The summed E-state index contributed by atoms with van der Waals surface area (Å²) in [6.07, 6.45) is 2.05. The second-order valence-corrected chi connectivity index (χ2v) is 5.08. The van der Waals surface area contributed by atoms with Gasteiger partial charge in [0.15, 0.2) is 0 Å². The highest BCUT2D eigenvalue weighted by Crippen LogP contribution is 2.28. The summed E-state index contributed by atoms with van der Waals surface area (Å²) >= 11 is 0. The fourth-order valence-electron chi connectivity index (χ4n) is 2.48. The molecule has 0 radical (unpaired) electrons. The average molecular weight is 259 g/mol. The van der Waals surface area contributed by atoms with Crippen molar-refractivity contribution in [2.24, 2.45) is 0 Å². The minimum atomic E-state index is 0.236. The van der Waals surface area contributed by atoms with Gasteiger partial charge in [-0.1, -0.05) is 5.16 Å². The van der Waals surface area contributed by atoms with Crippen molar-refractivity contribution in [3.63, 3.8) is 0 Å². The molecule has 1 aromatic carbocycles. The number of aromatic hydroxyl groups is 1. The zero-order valence-corrected chi connectivity index (χ0v) is 10.8. The maximum absolute atomic E-state index is 9.27. The molecule has 0 bridgehead atoms. The molecule has 19 heavy (non-hydrogen) atoms. The third kappa shape index (κ3) is 2.61. The SMILES string of the molecule is CC1CC(c2nc(-c3ccc(O)cc3)no2)CCN1. The number of nitrogens with zero attached hydrogens (tertiary/aromatic N) is 2. The van der Waals surface area contributed by atoms with E-state index >= 15 is 0 Å². The number of hydrogen-bond donors (Lipinski definition) is 2. The van der Waals surface area contributed by atoms with Crippen molar-refractivity contribution < 1.29 is 9.63 Å². The highest BCUT2D eigenvalue weighted by Gasteiger charge is 2.25. The van der Waals surface area contributed by atoms with Gasteiger partial charge in [0.2, 0.25) is 11.7 Å². The Morgan fingerprint density at radius 1 is 1.32 bits per heavy atom. The molecule has 1 aliphatic rings. The van der Waals surface area contributed by atoms with Gasteiger partial charge in [0, 0.05) is 17.5 Å². The molecule has 1 aromatic heterocycles. The summed E-state index contributed by atoms with van der Waals surface area (Å²) in [5, 5.41) is 16.7. The topological polar surface area (TPSA) is 71.2 Å². The van der Waals surface area contributed by atoms with Crippen LogP contribution in [0, 0.1) is 0 Å². The number of benzene rings is 1. The lowest BCUT2D eigenvalue weighted by Crippen LogP contribution is -2.34. The van der Waals surface area contributed by atoms with Gasteiger partial charge in [-0.2, -0.15) is 4.98 Å². The lowest BCUT2D eigenvalue weighted by Gasteiger charge is -2.25. The van der Waals surface area contributed by atoms with Crippen LogP contribution in [-0.2, 0) is 0 Å². The average Bonchev–Trinajstić information content (AvgIpc) is 2.89. The molecule has 0 spiro atoms. The number of aromatic nitrogens is 2. The maximum atomic E-state index is 9.27. The molecule has 2 N–H and O–H groups in total. The van der Waals surface area contributed by atoms with Gasteiger partial charge in [-0.3, -0.25) is 0 Å². The van der Waals surface area contributed by atoms with Gasteiger partial charge in [-0.15, -0.1) is 0 Å². The monoisotopic (exact) mass is 259 g/mol. The third-order valence-corrected chi connectivity index (χ3v) is 3.54. The van der Waals surface area contributed by atoms with E-state index in [0.29, 0.717) is 17.8 Å². The van der Waals surface area contributed by atoms with Crippen LogP contribution >= 0.6 is 0 Å². The Morgan fingerprint density at radius 2 is 2.11 bits per heavy atom. The van der Waals surface area contributed by atoms with E-state index in [9.17, 15) is 5.11 Å². The molecule has 1 saturated heterocycles. The van der Waals surface area contributed by atoms with E-state index in [4.69, 9.17) is 4.52 Å². The van der Waals surface area contributed by atoms with E-state index in [0.717, 1.165) is 30.8 Å². The lowest BCUT2D eigenvalue weighted by atomic mass is 9.93. The van der Waals surface area contributed by atoms with Crippen LogP contribution in [0.4, 0.5) is 0 Å². The second-order valence-electron chi connectivity index (χ2n) is 5.08. The molecule has 1 fully saturated rings. The normalized spacial score (nSPS) is 23.4. The molecule has 5 heteroatoms. The molecule has 0 aliphatic carbocycles. The zero-order valence-electron chi connectivity index (χ0n) is 10.8. The number of phenols is 1. The predicted octanol–water partition coefficient (Wildman–Crippen LogP) is 2.30. The fraction of sp³-hybridized carbons (Fsp3) is 0.429. The molecule has 3 rings (SSSR count). The molecule has 5 nitrogen and oxygen atoms in total. The van der Waals surface area contributed by atoms with Crippen LogP contribution in [-0.4, -0.2) is 27.8 Å². The largest absolute Gasteiger partial charge is 0.508 e. The first-order valence-corrected chi connectivity index (χ1v) is 6.59. The van der Waals surface area contributed by atoms with Gasteiger partial charge in [-0.25, -0.2) is 0 Å². The van der Waals surface area contributed by atoms with Crippen LogP contribution in [0.5, 0.6) is 5.75 Å². The van der Waals surface area contributed by atoms with E-state index in [1.54, 1.807) is 24.3 Å². The number of rotatable bonds is 2. The van der Waals surface area contributed by atoms with Gasteiger partial charge in [0.05, 0.1) is 0 Å². The highest BCUT2D eigenvalue weighted by atomic mass is 16.5. The van der Waals surface area contributed by atoms with Crippen LogP contribution in [0.1, 0.15) is 31.6 Å². The Morgan fingerprint density at radius 3 is 2.84 bits per heavy atom. The van der Waals surface area contributed by atoms with Crippen molar-refractivity contribution in [2.75, 3.05) is 6.54 Å². The summed E-state index contributed by atoms with van der Waals surface area (Å²) in [5.41, 5.74) is 0.856.